The van der Waals surface area contributed by atoms with E-state index in [9.17, 15) is 18.0 Å². The minimum atomic E-state index is -3.36. The second-order valence-corrected chi connectivity index (χ2v) is 7.90. The number of nitrogens with two attached hydrogens (primary N) is 1. The van der Waals surface area contributed by atoms with Crippen molar-refractivity contribution >= 4 is 33.2 Å². The van der Waals surface area contributed by atoms with Crippen LogP contribution in [0.4, 0.5) is 11.4 Å². The molecule has 0 bridgehead atoms. The quantitative estimate of drug-likeness (QED) is 0.743. The molecule has 0 unspecified atom stereocenters. The van der Waals surface area contributed by atoms with Crippen LogP contribution in [-0.4, -0.2) is 39.6 Å². The minimum absolute atomic E-state index is 0.200. The Balaban J connectivity index is 2.06. The van der Waals surface area contributed by atoms with E-state index in [0.717, 1.165) is 10.6 Å². The topological polar surface area (TPSA) is 119 Å². The predicted molar refractivity (Wildman–Crippen MR) is 103 cm³/mol. The number of rotatable bonds is 7. The lowest BCUT2D eigenvalue weighted by atomic mass is 10.1. The number of benzene rings is 2. The third-order valence-electron chi connectivity index (χ3n) is 3.83. The van der Waals surface area contributed by atoms with Crippen molar-refractivity contribution in [3.8, 4) is 5.75 Å². The molecule has 8 nitrogen and oxygen atoms in total. The second-order valence-electron chi connectivity index (χ2n) is 5.88. The molecular weight excluding hydrogens is 370 g/mol. The van der Waals surface area contributed by atoms with Crippen molar-refractivity contribution in [1.82, 2.24) is 0 Å². The number of nitrogens with one attached hydrogen (secondary N) is 1. The molecular formula is C18H21N3O5S. The summed E-state index contributed by atoms with van der Waals surface area (Å²) >= 11 is 0. The Morgan fingerprint density at radius 2 is 1.70 bits per heavy atom. The Morgan fingerprint density at radius 3 is 2.26 bits per heavy atom. The molecule has 2 aromatic rings. The molecule has 0 spiro atoms. The zero-order valence-corrected chi connectivity index (χ0v) is 16.0. The molecule has 2 aromatic carbocycles. The van der Waals surface area contributed by atoms with Crippen LogP contribution in [0, 0.1) is 0 Å². The van der Waals surface area contributed by atoms with Crippen molar-refractivity contribution in [3.05, 3.63) is 54.1 Å². The summed E-state index contributed by atoms with van der Waals surface area (Å²) in [5.41, 5.74) is 6.26. The number of amides is 2. The van der Waals surface area contributed by atoms with Gasteiger partial charge in [0.05, 0.1) is 23.2 Å². The summed E-state index contributed by atoms with van der Waals surface area (Å²) in [7, 11) is -1.92. The molecule has 0 saturated carbocycles. The van der Waals surface area contributed by atoms with Gasteiger partial charge in [-0.15, -0.1) is 0 Å². The molecule has 2 rings (SSSR count). The van der Waals surface area contributed by atoms with E-state index in [0.29, 0.717) is 17.1 Å². The lowest BCUT2D eigenvalue weighted by Gasteiger charge is -2.18. The lowest BCUT2D eigenvalue weighted by Crippen LogP contribution is -2.31. The largest absolute Gasteiger partial charge is 0.481 e. The maximum absolute atomic E-state index is 12.3. The smallest absolute Gasteiger partial charge is 0.265 e. The number of hydrogen-bond acceptors (Lipinski definition) is 5. The zero-order chi connectivity index (χ0) is 20.2. The van der Waals surface area contributed by atoms with Gasteiger partial charge in [0.15, 0.2) is 6.10 Å². The third-order valence-corrected chi connectivity index (χ3v) is 5.04. The van der Waals surface area contributed by atoms with Crippen LogP contribution in [0.1, 0.15) is 17.3 Å². The van der Waals surface area contributed by atoms with Gasteiger partial charge in [-0.25, -0.2) is 8.42 Å². The standard InChI is InChI=1S/C18H21N3O5S/c1-12(18(23)20-16-7-5-4-6-15(16)17(19)22)26-14-10-8-13(9-11-14)21(2)27(3,24)25/h4-12H,1-3H3,(H2,19,22)(H,20,23)/t12-/m1/s1. The summed E-state index contributed by atoms with van der Waals surface area (Å²) in [5.74, 6) is -0.711. The van der Waals surface area contributed by atoms with Gasteiger partial charge in [0.25, 0.3) is 11.8 Å². The summed E-state index contributed by atoms with van der Waals surface area (Å²) < 4.78 is 29.8. The van der Waals surface area contributed by atoms with Crippen molar-refractivity contribution in [2.75, 3.05) is 22.9 Å². The van der Waals surface area contributed by atoms with Crippen molar-refractivity contribution < 1.29 is 22.7 Å². The second kappa shape index (κ2) is 8.09. The van der Waals surface area contributed by atoms with Crippen molar-refractivity contribution in [1.29, 1.82) is 0 Å². The summed E-state index contributed by atoms with van der Waals surface area (Å²) in [4.78, 5) is 23.7. The number of sulfonamides is 1. The van der Waals surface area contributed by atoms with E-state index >= 15 is 0 Å². The van der Waals surface area contributed by atoms with Gasteiger partial charge < -0.3 is 15.8 Å². The number of carbonyl (C=O) groups is 2. The third kappa shape index (κ3) is 5.20. The SMILES string of the molecule is C[C@@H](Oc1ccc(N(C)S(C)(=O)=O)cc1)C(=O)Nc1ccccc1C(N)=O. The van der Waals surface area contributed by atoms with E-state index in [-0.39, 0.29) is 5.56 Å². The molecule has 144 valence electrons. The first-order chi connectivity index (χ1) is 12.6. The van der Waals surface area contributed by atoms with Gasteiger partial charge in [0.1, 0.15) is 5.75 Å². The van der Waals surface area contributed by atoms with Crippen molar-refractivity contribution in [2.24, 2.45) is 5.73 Å². The van der Waals surface area contributed by atoms with Crippen LogP contribution in [0.5, 0.6) is 5.75 Å². The van der Waals surface area contributed by atoms with Gasteiger partial charge in [-0.05, 0) is 43.3 Å². The van der Waals surface area contributed by atoms with E-state index in [2.05, 4.69) is 5.32 Å². The fraction of sp³-hybridized carbons (Fsp3) is 0.222. The summed E-state index contributed by atoms with van der Waals surface area (Å²) in [5, 5.41) is 2.61. The fourth-order valence-electron chi connectivity index (χ4n) is 2.23. The van der Waals surface area contributed by atoms with Crippen LogP contribution in [0.25, 0.3) is 0 Å². The minimum Gasteiger partial charge on any atom is -0.481 e. The molecule has 2 amide bonds. The Bertz CT molecular complexity index is 942. The number of nitrogens with zero attached hydrogens (tertiary/aromatic N) is 1. The van der Waals surface area contributed by atoms with E-state index < -0.39 is 27.9 Å². The molecule has 3 N–H and O–H groups in total. The van der Waals surface area contributed by atoms with Gasteiger partial charge in [0, 0.05) is 7.05 Å². The first kappa shape index (κ1) is 20.2. The van der Waals surface area contributed by atoms with Gasteiger partial charge in [-0.2, -0.15) is 0 Å². The van der Waals surface area contributed by atoms with Crippen LogP contribution in [0.15, 0.2) is 48.5 Å². The van der Waals surface area contributed by atoms with E-state index in [1.165, 1.54) is 13.1 Å². The zero-order valence-electron chi connectivity index (χ0n) is 15.2. The molecule has 0 aliphatic rings. The number of ether oxygens (including phenoxy) is 1. The lowest BCUT2D eigenvalue weighted by molar-refractivity contribution is -0.122. The Labute approximate surface area is 158 Å². The first-order valence-electron chi connectivity index (χ1n) is 8.00. The fourth-order valence-corrected chi connectivity index (χ4v) is 2.73. The van der Waals surface area contributed by atoms with Gasteiger partial charge in [0.2, 0.25) is 10.0 Å². The Kier molecular flexibility index (Phi) is 6.06. The summed E-state index contributed by atoms with van der Waals surface area (Å²) in [6.07, 6.45) is 0.248. The molecule has 0 fully saturated rings. The van der Waals surface area contributed by atoms with Crippen LogP contribution >= 0.6 is 0 Å². The molecule has 9 heteroatoms. The molecule has 1 atom stereocenters. The number of para-hydroxylation sites is 1. The van der Waals surface area contributed by atoms with Crippen molar-refractivity contribution in [3.63, 3.8) is 0 Å². The molecule has 27 heavy (non-hydrogen) atoms. The molecule has 0 heterocycles. The number of hydrogen-bond donors (Lipinski definition) is 2. The average molecular weight is 391 g/mol. The number of anilines is 2. The predicted octanol–water partition coefficient (Wildman–Crippen LogP) is 1.59. The van der Waals surface area contributed by atoms with Crippen LogP contribution < -0.4 is 20.1 Å². The van der Waals surface area contributed by atoms with Gasteiger partial charge >= 0.3 is 0 Å². The highest BCUT2D eigenvalue weighted by Gasteiger charge is 2.18. The van der Waals surface area contributed by atoms with Gasteiger partial charge in [-0.3, -0.25) is 13.9 Å². The van der Waals surface area contributed by atoms with E-state index in [4.69, 9.17) is 10.5 Å². The average Bonchev–Trinajstić information content (AvgIpc) is 2.61. The van der Waals surface area contributed by atoms with Crippen LogP contribution in [0.3, 0.4) is 0 Å². The monoisotopic (exact) mass is 391 g/mol. The number of primary amides is 1. The first-order valence-corrected chi connectivity index (χ1v) is 9.84. The molecule has 0 radical (unpaired) electrons. The van der Waals surface area contributed by atoms with Crippen LogP contribution in [-0.2, 0) is 14.8 Å². The molecule has 0 aliphatic carbocycles. The maximum atomic E-state index is 12.3. The molecule has 0 saturated heterocycles. The summed E-state index contributed by atoms with van der Waals surface area (Å²) in [6.45, 7) is 1.55. The van der Waals surface area contributed by atoms with Gasteiger partial charge in [-0.1, -0.05) is 12.1 Å². The molecule has 0 aliphatic heterocycles. The maximum Gasteiger partial charge on any atom is 0.265 e. The Morgan fingerprint density at radius 1 is 1.11 bits per heavy atom. The molecule has 0 aromatic heterocycles. The highest BCUT2D eigenvalue weighted by atomic mass is 32.2. The van der Waals surface area contributed by atoms with Crippen molar-refractivity contribution in [2.45, 2.75) is 13.0 Å². The van der Waals surface area contributed by atoms with E-state index in [1.807, 2.05) is 0 Å². The number of carbonyl (C=O) groups excluding carboxylic acids is 2. The highest BCUT2D eigenvalue weighted by molar-refractivity contribution is 7.92. The normalized spacial score (nSPS) is 12.1. The summed E-state index contributed by atoms with van der Waals surface area (Å²) in [6, 6.07) is 12.7. The van der Waals surface area contributed by atoms with E-state index in [1.54, 1.807) is 49.4 Å². The highest BCUT2D eigenvalue weighted by Crippen LogP contribution is 2.21. The Hall–Kier alpha value is -3.07. The van der Waals surface area contributed by atoms with Crippen LogP contribution in [0.2, 0.25) is 0 Å².